The van der Waals surface area contributed by atoms with E-state index < -0.39 is 0 Å². The molecule has 6 nitrogen and oxygen atoms in total. The van der Waals surface area contributed by atoms with Gasteiger partial charge in [-0.3, -0.25) is 9.59 Å². The van der Waals surface area contributed by atoms with Gasteiger partial charge in [0.25, 0.3) is 5.91 Å². The van der Waals surface area contributed by atoms with Crippen molar-refractivity contribution < 1.29 is 14.3 Å². The molecule has 24 heavy (non-hydrogen) atoms. The maximum atomic E-state index is 12.5. The fourth-order valence-electron chi connectivity index (χ4n) is 2.59. The van der Waals surface area contributed by atoms with Crippen molar-refractivity contribution >= 4 is 17.5 Å². The lowest BCUT2D eigenvalue weighted by Crippen LogP contribution is -2.28. The number of nitrogens with one attached hydrogen (secondary N) is 1. The lowest BCUT2D eigenvalue weighted by molar-refractivity contribution is -0.111. The molecule has 1 fully saturated rings. The molecule has 1 heterocycles. The third-order valence-electron chi connectivity index (χ3n) is 3.83. The summed E-state index contributed by atoms with van der Waals surface area (Å²) in [7, 11) is 5.39. The number of likely N-dealkylation sites (tertiary alicyclic amines) is 1. The highest BCUT2D eigenvalue weighted by atomic mass is 16.5. The predicted molar refractivity (Wildman–Crippen MR) is 94.5 cm³/mol. The highest BCUT2D eigenvalue weighted by Crippen LogP contribution is 2.25. The molecule has 0 spiro atoms. The molecule has 1 aromatic carbocycles. The quantitative estimate of drug-likeness (QED) is 0.810. The second-order valence-corrected chi connectivity index (χ2v) is 6.07. The first-order valence-corrected chi connectivity index (χ1v) is 8.11. The zero-order valence-electron chi connectivity index (χ0n) is 14.5. The van der Waals surface area contributed by atoms with Crippen LogP contribution in [0.5, 0.6) is 5.75 Å². The molecule has 2 rings (SSSR count). The van der Waals surface area contributed by atoms with Crippen LogP contribution in [0.4, 0.5) is 5.69 Å². The number of ether oxygens (including phenoxy) is 1. The van der Waals surface area contributed by atoms with Crippen molar-refractivity contribution in [3.05, 3.63) is 35.9 Å². The van der Waals surface area contributed by atoms with E-state index in [0.29, 0.717) is 23.5 Å². The Morgan fingerprint density at radius 3 is 2.62 bits per heavy atom. The largest absolute Gasteiger partial charge is 0.496 e. The standard InChI is InChI=1S/C18H25N3O3/c1-20(2)10-6-7-17(22)19-14-8-9-15(16(13-14)24-3)18(23)21-11-4-5-12-21/h6-9,13H,4-5,10-12H2,1-3H3,(H,19,22)/b7-6+. The zero-order valence-corrected chi connectivity index (χ0v) is 14.5. The predicted octanol–water partition coefficient (Wildman–Crippen LogP) is 1.99. The van der Waals surface area contributed by atoms with Crippen molar-refractivity contribution in [2.45, 2.75) is 12.8 Å². The number of anilines is 1. The third kappa shape index (κ3) is 4.83. The molecular weight excluding hydrogens is 306 g/mol. The SMILES string of the molecule is COc1cc(NC(=O)/C=C/CN(C)C)ccc1C(=O)N1CCCC1. The molecule has 1 N–H and O–H groups in total. The van der Waals surface area contributed by atoms with Crippen LogP contribution < -0.4 is 10.1 Å². The zero-order chi connectivity index (χ0) is 17.5. The van der Waals surface area contributed by atoms with E-state index >= 15 is 0 Å². The maximum Gasteiger partial charge on any atom is 0.257 e. The van der Waals surface area contributed by atoms with Gasteiger partial charge in [-0.1, -0.05) is 6.08 Å². The minimum atomic E-state index is -0.211. The lowest BCUT2D eigenvalue weighted by Gasteiger charge is -2.17. The number of hydrogen-bond acceptors (Lipinski definition) is 4. The normalized spacial score (nSPS) is 14.4. The highest BCUT2D eigenvalue weighted by molar-refractivity contribution is 6.01. The van der Waals surface area contributed by atoms with Crippen molar-refractivity contribution in [2.24, 2.45) is 0 Å². The fourth-order valence-corrected chi connectivity index (χ4v) is 2.59. The number of carbonyl (C=O) groups is 2. The molecule has 0 saturated carbocycles. The summed E-state index contributed by atoms with van der Waals surface area (Å²) in [5.74, 6) is 0.243. The number of methoxy groups -OCH3 is 1. The van der Waals surface area contributed by atoms with Crippen LogP contribution in [0.3, 0.4) is 0 Å². The summed E-state index contributed by atoms with van der Waals surface area (Å²) >= 11 is 0. The summed E-state index contributed by atoms with van der Waals surface area (Å²) < 4.78 is 5.34. The van der Waals surface area contributed by atoms with Crippen LogP contribution >= 0.6 is 0 Å². The molecule has 1 aromatic rings. The van der Waals surface area contributed by atoms with Crippen LogP contribution in [0.2, 0.25) is 0 Å². The molecule has 0 unspecified atom stereocenters. The van der Waals surface area contributed by atoms with E-state index in [-0.39, 0.29) is 11.8 Å². The average molecular weight is 331 g/mol. The molecule has 0 aromatic heterocycles. The Bertz CT molecular complexity index is 620. The number of hydrogen-bond donors (Lipinski definition) is 1. The molecule has 0 bridgehead atoms. The molecule has 0 aliphatic carbocycles. The van der Waals surface area contributed by atoms with Crippen molar-refractivity contribution in [1.82, 2.24) is 9.80 Å². The number of carbonyl (C=O) groups excluding carboxylic acids is 2. The Labute approximate surface area is 143 Å². The summed E-state index contributed by atoms with van der Waals surface area (Å²) in [5, 5.41) is 2.78. The topological polar surface area (TPSA) is 61.9 Å². The molecule has 0 radical (unpaired) electrons. The summed E-state index contributed by atoms with van der Waals surface area (Å²) in [4.78, 5) is 28.2. The fraction of sp³-hybridized carbons (Fsp3) is 0.444. The number of amides is 2. The maximum absolute atomic E-state index is 12.5. The van der Waals surface area contributed by atoms with Gasteiger partial charge in [-0.15, -0.1) is 0 Å². The molecule has 130 valence electrons. The molecule has 6 heteroatoms. The van der Waals surface area contributed by atoms with Gasteiger partial charge in [0.2, 0.25) is 5.91 Å². The third-order valence-corrected chi connectivity index (χ3v) is 3.83. The first-order valence-electron chi connectivity index (χ1n) is 8.11. The van der Waals surface area contributed by atoms with Crippen LogP contribution in [0.15, 0.2) is 30.4 Å². The number of rotatable bonds is 6. The van der Waals surface area contributed by atoms with Crippen LogP contribution in [-0.4, -0.2) is 62.5 Å². The molecular formula is C18H25N3O3. The van der Waals surface area contributed by atoms with E-state index in [0.717, 1.165) is 25.9 Å². The second-order valence-electron chi connectivity index (χ2n) is 6.07. The van der Waals surface area contributed by atoms with Crippen LogP contribution in [-0.2, 0) is 4.79 Å². The van der Waals surface area contributed by atoms with Gasteiger partial charge in [-0.2, -0.15) is 0 Å². The monoisotopic (exact) mass is 331 g/mol. The van der Waals surface area contributed by atoms with Gasteiger partial charge in [-0.25, -0.2) is 0 Å². The minimum absolute atomic E-state index is 0.0203. The van der Waals surface area contributed by atoms with Gasteiger partial charge in [-0.05, 0) is 39.1 Å². The van der Waals surface area contributed by atoms with Crippen molar-refractivity contribution in [3.8, 4) is 5.75 Å². The lowest BCUT2D eigenvalue weighted by atomic mass is 10.1. The average Bonchev–Trinajstić information content (AvgIpc) is 3.08. The minimum Gasteiger partial charge on any atom is -0.496 e. The Morgan fingerprint density at radius 2 is 2.00 bits per heavy atom. The number of nitrogens with zero attached hydrogens (tertiary/aromatic N) is 2. The first kappa shape index (κ1) is 18.0. The van der Waals surface area contributed by atoms with Crippen molar-refractivity contribution in [2.75, 3.05) is 46.2 Å². The molecule has 1 aliphatic heterocycles. The van der Waals surface area contributed by atoms with E-state index in [1.165, 1.54) is 13.2 Å². The van der Waals surface area contributed by atoms with Gasteiger partial charge in [0.05, 0.1) is 12.7 Å². The smallest absolute Gasteiger partial charge is 0.257 e. The Balaban J connectivity index is 2.06. The van der Waals surface area contributed by atoms with Crippen LogP contribution in [0.25, 0.3) is 0 Å². The van der Waals surface area contributed by atoms with E-state index in [1.807, 2.05) is 23.9 Å². The molecule has 1 saturated heterocycles. The van der Waals surface area contributed by atoms with Crippen LogP contribution in [0.1, 0.15) is 23.2 Å². The highest BCUT2D eigenvalue weighted by Gasteiger charge is 2.22. The van der Waals surface area contributed by atoms with Gasteiger partial charge in [0, 0.05) is 37.5 Å². The first-order chi connectivity index (χ1) is 11.5. The van der Waals surface area contributed by atoms with Gasteiger partial charge in [0.1, 0.15) is 5.75 Å². The number of likely N-dealkylation sites (N-methyl/N-ethyl adjacent to an activating group) is 1. The van der Waals surface area contributed by atoms with Crippen molar-refractivity contribution in [3.63, 3.8) is 0 Å². The molecule has 0 atom stereocenters. The van der Waals surface area contributed by atoms with E-state index in [2.05, 4.69) is 5.32 Å². The number of benzene rings is 1. The summed E-state index contributed by atoms with van der Waals surface area (Å²) in [6.07, 6.45) is 5.37. The van der Waals surface area contributed by atoms with Gasteiger partial charge < -0.3 is 19.9 Å². The Kier molecular flexibility index (Phi) is 6.37. The van der Waals surface area contributed by atoms with E-state index in [9.17, 15) is 9.59 Å². The summed E-state index contributed by atoms with van der Waals surface area (Å²) in [6, 6.07) is 5.11. The Hall–Kier alpha value is -2.34. The van der Waals surface area contributed by atoms with E-state index in [4.69, 9.17) is 4.74 Å². The summed E-state index contributed by atoms with van der Waals surface area (Å²) in [6.45, 7) is 2.27. The second kappa shape index (κ2) is 8.49. The Morgan fingerprint density at radius 1 is 1.29 bits per heavy atom. The molecule has 2 amide bonds. The van der Waals surface area contributed by atoms with Gasteiger partial charge in [0.15, 0.2) is 0 Å². The van der Waals surface area contributed by atoms with Crippen molar-refractivity contribution in [1.29, 1.82) is 0 Å². The van der Waals surface area contributed by atoms with Crippen LogP contribution in [0, 0.1) is 0 Å². The van der Waals surface area contributed by atoms with E-state index in [1.54, 1.807) is 24.3 Å². The van der Waals surface area contributed by atoms with Gasteiger partial charge >= 0.3 is 0 Å². The molecule has 1 aliphatic rings. The summed E-state index contributed by atoms with van der Waals surface area (Å²) in [5.41, 5.74) is 1.13.